The maximum Gasteiger partial charge on any atom is 0.0610 e. The van der Waals surface area contributed by atoms with E-state index in [1.165, 1.54) is 22.2 Å². The van der Waals surface area contributed by atoms with Gasteiger partial charge in [-0.2, -0.15) is 0 Å². The molecule has 106 valence electrons. The van der Waals surface area contributed by atoms with Crippen LogP contribution >= 0.6 is 27.7 Å². The van der Waals surface area contributed by atoms with E-state index in [1.54, 1.807) is 0 Å². The highest BCUT2D eigenvalue weighted by Crippen LogP contribution is 2.29. The number of hydrogen-bond acceptors (Lipinski definition) is 3. The normalized spacial score (nSPS) is 18.3. The molecule has 2 nitrogen and oxygen atoms in total. The van der Waals surface area contributed by atoms with E-state index in [9.17, 15) is 5.11 Å². The Kier molecular flexibility index (Phi) is 5.75. The van der Waals surface area contributed by atoms with Crippen molar-refractivity contribution < 1.29 is 5.11 Å². The minimum atomic E-state index is -0.102. The van der Waals surface area contributed by atoms with Crippen LogP contribution in [0.2, 0.25) is 0 Å². The van der Waals surface area contributed by atoms with Gasteiger partial charge in [-0.3, -0.25) is 0 Å². The van der Waals surface area contributed by atoms with Crippen molar-refractivity contribution in [3.63, 3.8) is 0 Å². The highest BCUT2D eigenvalue weighted by Gasteiger charge is 2.31. The first-order chi connectivity index (χ1) is 9.13. The van der Waals surface area contributed by atoms with Gasteiger partial charge in [0.15, 0.2) is 0 Å². The van der Waals surface area contributed by atoms with E-state index < -0.39 is 0 Å². The molecule has 0 saturated heterocycles. The molecule has 1 aromatic rings. The van der Waals surface area contributed by atoms with E-state index in [2.05, 4.69) is 46.4 Å². The molecule has 1 aliphatic carbocycles. The molecule has 1 saturated carbocycles. The van der Waals surface area contributed by atoms with E-state index in [0.29, 0.717) is 6.04 Å². The molecule has 0 spiro atoms. The lowest BCUT2D eigenvalue weighted by Gasteiger charge is -2.29. The molecule has 0 heterocycles. The van der Waals surface area contributed by atoms with Crippen LogP contribution in [0.5, 0.6) is 0 Å². The predicted octanol–water partition coefficient (Wildman–Crippen LogP) is 3.82. The topological polar surface area (TPSA) is 32.3 Å². The molecule has 0 bridgehead atoms. The van der Waals surface area contributed by atoms with Crippen molar-refractivity contribution in [1.29, 1.82) is 0 Å². The Morgan fingerprint density at radius 1 is 1.42 bits per heavy atom. The van der Waals surface area contributed by atoms with Crippen LogP contribution in [0.15, 0.2) is 33.6 Å². The Morgan fingerprint density at radius 2 is 2.16 bits per heavy atom. The zero-order valence-corrected chi connectivity index (χ0v) is 13.8. The van der Waals surface area contributed by atoms with Gasteiger partial charge in [0.05, 0.1) is 6.61 Å². The van der Waals surface area contributed by atoms with Crippen LogP contribution in [-0.2, 0) is 0 Å². The van der Waals surface area contributed by atoms with Gasteiger partial charge in [-0.05, 0) is 66.4 Å². The van der Waals surface area contributed by atoms with Gasteiger partial charge in [-0.25, -0.2) is 0 Å². The summed E-state index contributed by atoms with van der Waals surface area (Å²) in [6.07, 6.45) is 4.67. The Bertz CT molecular complexity index is 411. The summed E-state index contributed by atoms with van der Waals surface area (Å²) < 4.78 is 1.17. The van der Waals surface area contributed by atoms with Crippen molar-refractivity contribution in [3.05, 3.63) is 28.7 Å². The number of halogens is 1. The second-order valence-electron chi connectivity index (χ2n) is 5.52. The largest absolute Gasteiger partial charge is 0.394 e. The molecule has 4 heteroatoms. The Hall–Kier alpha value is -0.0300. The lowest BCUT2D eigenvalue weighted by atomic mass is 9.97. The molecule has 0 amide bonds. The molecule has 2 rings (SSSR count). The summed E-state index contributed by atoms with van der Waals surface area (Å²) in [4.78, 5) is 1.29. The predicted molar refractivity (Wildman–Crippen MR) is 85.7 cm³/mol. The van der Waals surface area contributed by atoms with Gasteiger partial charge < -0.3 is 10.4 Å². The third kappa shape index (κ3) is 5.10. The van der Waals surface area contributed by atoms with Gasteiger partial charge in [0.1, 0.15) is 0 Å². The van der Waals surface area contributed by atoms with Gasteiger partial charge in [-0.15, -0.1) is 11.8 Å². The highest BCUT2D eigenvalue weighted by molar-refractivity contribution is 9.10. The SMILES string of the molecule is CC(CO)(CCCSc1ccccc1Br)NC1CC1. The molecular weight excluding hydrogens is 322 g/mol. The zero-order valence-electron chi connectivity index (χ0n) is 11.4. The van der Waals surface area contributed by atoms with Crippen LogP contribution < -0.4 is 5.32 Å². The summed E-state index contributed by atoms with van der Waals surface area (Å²) in [5, 5.41) is 13.1. The van der Waals surface area contributed by atoms with Crippen LogP contribution in [0.3, 0.4) is 0 Å². The summed E-state index contributed by atoms with van der Waals surface area (Å²) in [5.74, 6) is 1.09. The van der Waals surface area contributed by atoms with Crippen molar-refractivity contribution in [2.75, 3.05) is 12.4 Å². The third-order valence-corrected chi connectivity index (χ3v) is 5.56. The monoisotopic (exact) mass is 343 g/mol. The fourth-order valence-corrected chi connectivity index (χ4v) is 3.64. The lowest BCUT2D eigenvalue weighted by Crippen LogP contribution is -2.46. The maximum absolute atomic E-state index is 9.55. The van der Waals surface area contributed by atoms with E-state index in [1.807, 2.05) is 17.8 Å². The van der Waals surface area contributed by atoms with Crippen LogP contribution in [0.25, 0.3) is 0 Å². The molecule has 1 unspecified atom stereocenters. The van der Waals surface area contributed by atoms with E-state index in [-0.39, 0.29) is 12.1 Å². The first kappa shape index (κ1) is 15.4. The number of thioether (sulfide) groups is 1. The minimum absolute atomic E-state index is 0.102. The molecular formula is C15H22BrNOS. The van der Waals surface area contributed by atoms with Gasteiger partial charge >= 0.3 is 0 Å². The number of aliphatic hydroxyl groups excluding tert-OH is 1. The van der Waals surface area contributed by atoms with Crippen LogP contribution in [0.4, 0.5) is 0 Å². The number of hydrogen-bond donors (Lipinski definition) is 2. The molecule has 1 aromatic carbocycles. The zero-order chi connectivity index (χ0) is 13.7. The molecule has 0 radical (unpaired) electrons. The molecule has 2 N–H and O–H groups in total. The van der Waals surface area contributed by atoms with Crippen LogP contribution in [0.1, 0.15) is 32.6 Å². The van der Waals surface area contributed by atoms with E-state index >= 15 is 0 Å². The van der Waals surface area contributed by atoms with Gasteiger partial charge in [0.25, 0.3) is 0 Å². The molecule has 0 aromatic heterocycles. The summed E-state index contributed by atoms with van der Waals surface area (Å²) in [6, 6.07) is 8.97. The summed E-state index contributed by atoms with van der Waals surface area (Å²) in [5.41, 5.74) is -0.102. The van der Waals surface area contributed by atoms with E-state index in [4.69, 9.17) is 0 Å². The molecule has 0 aliphatic heterocycles. The van der Waals surface area contributed by atoms with Gasteiger partial charge in [0.2, 0.25) is 0 Å². The van der Waals surface area contributed by atoms with Gasteiger partial charge in [0, 0.05) is 20.9 Å². The summed E-state index contributed by atoms with van der Waals surface area (Å²) in [7, 11) is 0. The van der Waals surface area contributed by atoms with Crippen LogP contribution in [-0.4, -0.2) is 29.0 Å². The third-order valence-electron chi connectivity index (χ3n) is 3.45. The van der Waals surface area contributed by atoms with Crippen molar-refractivity contribution in [3.8, 4) is 0 Å². The number of nitrogens with one attached hydrogen (secondary N) is 1. The quantitative estimate of drug-likeness (QED) is 0.555. The maximum atomic E-state index is 9.55. The summed E-state index contributed by atoms with van der Waals surface area (Å²) >= 11 is 5.45. The molecule has 19 heavy (non-hydrogen) atoms. The molecule has 1 aliphatic rings. The number of aliphatic hydroxyl groups is 1. The van der Waals surface area contributed by atoms with Crippen molar-refractivity contribution in [2.24, 2.45) is 0 Å². The minimum Gasteiger partial charge on any atom is -0.394 e. The fourth-order valence-electron chi connectivity index (χ4n) is 2.12. The fraction of sp³-hybridized carbons (Fsp3) is 0.600. The smallest absolute Gasteiger partial charge is 0.0610 e. The Labute approximate surface area is 128 Å². The first-order valence-electron chi connectivity index (χ1n) is 6.89. The second kappa shape index (κ2) is 7.11. The highest BCUT2D eigenvalue weighted by atomic mass is 79.9. The Balaban J connectivity index is 1.72. The molecule has 1 atom stereocenters. The molecule has 1 fully saturated rings. The average Bonchev–Trinajstić information content (AvgIpc) is 3.20. The Morgan fingerprint density at radius 3 is 2.79 bits per heavy atom. The van der Waals surface area contributed by atoms with Crippen molar-refractivity contribution in [2.45, 2.75) is 49.1 Å². The summed E-state index contributed by atoms with van der Waals surface area (Å²) in [6.45, 7) is 2.36. The first-order valence-corrected chi connectivity index (χ1v) is 8.67. The second-order valence-corrected chi connectivity index (χ2v) is 7.51. The standard InChI is InChI=1S/C15H22BrNOS/c1-15(11-18,17-12-7-8-12)9-4-10-19-14-6-3-2-5-13(14)16/h2-3,5-6,12,17-18H,4,7-11H2,1H3. The number of rotatable bonds is 8. The lowest BCUT2D eigenvalue weighted by molar-refractivity contribution is 0.163. The van der Waals surface area contributed by atoms with Crippen molar-refractivity contribution in [1.82, 2.24) is 5.32 Å². The average molecular weight is 344 g/mol. The van der Waals surface area contributed by atoms with Crippen LogP contribution in [0, 0.1) is 0 Å². The van der Waals surface area contributed by atoms with Gasteiger partial charge in [-0.1, -0.05) is 12.1 Å². The van der Waals surface area contributed by atoms with E-state index in [0.717, 1.165) is 18.6 Å². The number of benzene rings is 1. The van der Waals surface area contributed by atoms with Crippen molar-refractivity contribution >= 4 is 27.7 Å².